The third kappa shape index (κ3) is 4.27. The van der Waals surface area contributed by atoms with Crippen LogP contribution in [0.3, 0.4) is 0 Å². The molecule has 0 saturated heterocycles. The maximum absolute atomic E-state index is 11.5. The Labute approximate surface area is 124 Å². The van der Waals surface area contributed by atoms with E-state index < -0.39 is 0 Å². The number of rotatable bonds is 7. The van der Waals surface area contributed by atoms with Gasteiger partial charge in [0.1, 0.15) is 0 Å². The van der Waals surface area contributed by atoms with Crippen molar-refractivity contribution in [3.63, 3.8) is 0 Å². The minimum Gasteiger partial charge on any atom is -0.353 e. The minimum absolute atomic E-state index is 0.0538. The van der Waals surface area contributed by atoms with Gasteiger partial charge < -0.3 is 9.84 Å². The second kappa shape index (κ2) is 7.38. The number of nitrogens with one attached hydrogen (secondary N) is 1. The van der Waals surface area contributed by atoms with Gasteiger partial charge >= 0.3 is 0 Å². The summed E-state index contributed by atoms with van der Waals surface area (Å²) in [6, 6.07) is 8.05. The normalized spacial score (nSPS) is 10.3. The predicted molar refractivity (Wildman–Crippen MR) is 80.6 cm³/mol. The molecule has 0 radical (unpaired) electrons. The van der Waals surface area contributed by atoms with Gasteiger partial charge in [-0.3, -0.25) is 4.79 Å². The molecule has 1 aromatic heterocycles. The van der Waals surface area contributed by atoms with E-state index in [2.05, 4.69) is 29.0 Å². The van der Waals surface area contributed by atoms with Crippen molar-refractivity contribution in [3.05, 3.63) is 48.4 Å². The standard InChI is InChI=1S/C16H19N3O2/c1-3-11-17-14(20)9-10-15-18-16(19-21-15)13-7-5-12(4-2)6-8-13/h3,5-8H,1,4,9-11H2,2H3,(H,17,20). The van der Waals surface area contributed by atoms with Crippen LogP contribution in [0.1, 0.15) is 24.8 Å². The number of hydrogen-bond acceptors (Lipinski definition) is 4. The first-order valence-electron chi connectivity index (χ1n) is 7.02. The zero-order valence-electron chi connectivity index (χ0n) is 12.1. The van der Waals surface area contributed by atoms with Crippen LogP contribution in [0.25, 0.3) is 11.4 Å². The Balaban J connectivity index is 1.94. The SMILES string of the molecule is C=CCNC(=O)CCc1nc(-c2ccc(CC)cc2)no1. The fourth-order valence-corrected chi connectivity index (χ4v) is 1.86. The van der Waals surface area contributed by atoms with E-state index in [9.17, 15) is 4.79 Å². The molecular formula is C16H19N3O2. The molecule has 5 heteroatoms. The fourth-order valence-electron chi connectivity index (χ4n) is 1.86. The summed E-state index contributed by atoms with van der Waals surface area (Å²) in [5.41, 5.74) is 2.18. The lowest BCUT2D eigenvalue weighted by molar-refractivity contribution is -0.120. The summed E-state index contributed by atoms with van der Waals surface area (Å²) in [7, 11) is 0. The number of nitrogens with zero attached hydrogens (tertiary/aromatic N) is 2. The van der Waals surface area contributed by atoms with Gasteiger partial charge in [0.25, 0.3) is 0 Å². The maximum Gasteiger partial charge on any atom is 0.227 e. The Bertz CT molecular complexity index is 602. The molecular weight excluding hydrogens is 266 g/mol. The molecule has 0 atom stereocenters. The van der Waals surface area contributed by atoms with Crippen molar-refractivity contribution < 1.29 is 9.32 Å². The molecule has 21 heavy (non-hydrogen) atoms. The molecule has 0 bridgehead atoms. The third-order valence-electron chi connectivity index (χ3n) is 3.10. The molecule has 0 spiro atoms. The van der Waals surface area contributed by atoms with Crippen LogP contribution in [0.5, 0.6) is 0 Å². The number of carbonyl (C=O) groups excluding carboxylic acids is 1. The van der Waals surface area contributed by atoms with Gasteiger partial charge in [-0.05, 0) is 12.0 Å². The van der Waals surface area contributed by atoms with Gasteiger partial charge in [-0.15, -0.1) is 6.58 Å². The Kier molecular flexibility index (Phi) is 5.26. The number of carbonyl (C=O) groups is 1. The first-order chi connectivity index (χ1) is 10.2. The number of benzene rings is 1. The van der Waals surface area contributed by atoms with Crippen molar-refractivity contribution in [3.8, 4) is 11.4 Å². The average molecular weight is 285 g/mol. The molecule has 0 fully saturated rings. The van der Waals surface area contributed by atoms with Crippen LogP contribution >= 0.6 is 0 Å². The average Bonchev–Trinajstić information content (AvgIpc) is 3.00. The van der Waals surface area contributed by atoms with E-state index in [-0.39, 0.29) is 5.91 Å². The van der Waals surface area contributed by atoms with Gasteiger partial charge in [-0.25, -0.2) is 0 Å². The van der Waals surface area contributed by atoms with Gasteiger partial charge in [0.2, 0.25) is 17.6 Å². The van der Waals surface area contributed by atoms with Crippen LogP contribution in [0, 0.1) is 0 Å². The first kappa shape index (κ1) is 15.0. The van der Waals surface area contributed by atoms with Crippen LogP contribution in [-0.2, 0) is 17.6 Å². The molecule has 5 nitrogen and oxygen atoms in total. The molecule has 0 unspecified atom stereocenters. The van der Waals surface area contributed by atoms with Crippen molar-refractivity contribution in [1.29, 1.82) is 0 Å². The summed E-state index contributed by atoms with van der Waals surface area (Å²) in [6.07, 6.45) is 3.40. The lowest BCUT2D eigenvalue weighted by atomic mass is 10.1. The molecule has 2 aromatic rings. The highest BCUT2D eigenvalue weighted by Crippen LogP contribution is 2.17. The molecule has 1 aromatic carbocycles. The topological polar surface area (TPSA) is 68.0 Å². The lowest BCUT2D eigenvalue weighted by Gasteiger charge is -1.99. The molecule has 0 aliphatic carbocycles. The van der Waals surface area contributed by atoms with Crippen molar-refractivity contribution in [1.82, 2.24) is 15.5 Å². The summed E-state index contributed by atoms with van der Waals surface area (Å²) in [5, 5.41) is 6.65. The molecule has 0 aliphatic heterocycles. The summed E-state index contributed by atoms with van der Waals surface area (Å²) in [4.78, 5) is 15.8. The fraction of sp³-hybridized carbons (Fsp3) is 0.312. The Morgan fingerprint density at radius 3 is 2.81 bits per heavy atom. The lowest BCUT2D eigenvalue weighted by Crippen LogP contribution is -2.23. The van der Waals surface area contributed by atoms with E-state index in [1.165, 1.54) is 5.56 Å². The predicted octanol–water partition coefficient (Wildman–Crippen LogP) is 2.53. The largest absolute Gasteiger partial charge is 0.353 e. The van der Waals surface area contributed by atoms with Gasteiger partial charge in [0, 0.05) is 24.9 Å². The number of amides is 1. The van der Waals surface area contributed by atoms with Crippen LogP contribution in [0.15, 0.2) is 41.4 Å². The van der Waals surface area contributed by atoms with Gasteiger partial charge in [0.15, 0.2) is 0 Å². The molecule has 2 rings (SSSR count). The van der Waals surface area contributed by atoms with E-state index in [0.717, 1.165) is 12.0 Å². The van der Waals surface area contributed by atoms with Crippen LogP contribution < -0.4 is 5.32 Å². The number of aryl methyl sites for hydroxylation is 2. The Hall–Kier alpha value is -2.43. The van der Waals surface area contributed by atoms with E-state index in [1.807, 2.05) is 24.3 Å². The zero-order valence-corrected chi connectivity index (χ0v) is 12.1. The molecule has 1 N–H and O–H groups in total. The van der Waals surface area contributed by atoms with E-state index in [0.29, 0.717) is 31.1 Å². The van der Waals surface area contributed by atoms with E-state index >= 15 is 0 Å². The van der Waals surface area contributed by atoms with Crippen molar-refractivity contribution >= 4 is 5.91 Å². The molecule has 1 heterocycles. The molecule has 0 saturated carbocycles. The van der Waals surface area contributed by atoms with Crippen LogP contribution in [-0.4, -0.2) is 22.6 Å². The van der Waals surface area contributed by atoms with Crippen molar-refractivity contribution in [2.75, 3.05) is 6.54 Å². The monoisotopic (exact) mass is 285 g/mol. The van der Waals surface area contributed by atoms with E-state index in [1.54, 1.807) is 6.08 Å². The van der Waals surface area contributed by atoms with Gasteiger partial charge in [-0.1, -0.05) is 42.4 Å². The smallest absolute Gasteiger partial charge is 0.227 e. The second-order valence-corrected chi connectivity index (χ2v) is 4.65. The summed E-state index contributed by atoms with van der Waals surface area (Å²) >= 11 is 0. The highest BCUT2D eigenvalue weighted by atomic mass is 16.5. The van der Waals surface area contributed by atoms with Crippen molar-refractivity contribution in [2.45, 2.75) is 26.2 Å². The van der Waals surface area contributed by atoms with Gasteiger partial charge in [-0.2, -0.15) is 4.98 Å². The summed E-state index contributed by atoms with van der Waals surface area (Å²) < 4.78 is 5.17. The van der Waals surface area contributed by atoms with E-state index in [4.69, 9.17) is 4.52 Å². The Morgan fingerprint density at radius 2 is 2.14 bits per heavy atom. The second-order valence-electron chi connectivity index (χ2n) is 4.65. The van der Waals surface area contributed by atoms with Crippen molar-refractivity contribution in [2.24, 2.45) is 0 Å². The number of hydrogen-bond donors (Lipinski definition) is 1. The number of aromatic nitrogens is 2. The summed E-state index contributed by atoms with van der Waals surface area (Å²) in [5.74, 6) is 0.972. The quantitative estimate of drug-likeness (QED) is 0.794. The molecule has 1 amide bonds. The van der Waals surface area contributed by atoms with Crippen LogP contribution in [0.2, 0.25) is 0 Å². The van der Waals surface area contributed by atoms with Gasteiger partial charge in [0.05, 0.1) is 0 Å². The minimum atomic E-state index is -0.0538. The highest BCUT2D eigenvalue weighted by molar-refractivity contribution is 5.76. The highest BCUT2D eigenvalue weighted by Gasteiger charge is 2.10. The van der Waals surface area contributed by atoms with Crippen LogP contribution in [0.4, 0.5) is 0 Å². The first-order valence-corrected chi connectivity index (χ1v) is 7.02. The summed E-state index contributed by atoms with van der Waals surface area (Å²) in [6.45, 7) is 6.12. The Morgan fingerprint density at radius 1 is 1.38 bits per heavy atom. The molecule has 0 aliphatic rings. The zero-order chi connectivity index (χ0) is 15.1. The third-order valence-corrected chi connectivity index (χ3v) is 3.10. The molecule has 110 valence electrons. The maximum atomic E-state index is 11.5.